The summed E-state index contributed by atoms with van der Waals surface area (Å²) in [6.07, 6.45) is 2.75. The molecule has 0 radical (unpaired) electrons. The molecule has 1 N–H and O–H groups in total. The highest BCUT2D eigenvalue weighted by Gasteiger charge is 2.32. The van der Waals surface area contributed by atoms with Crippen LogP contribution >= 0.6 is 15.9 Å². The molecule has 3 nitrogen and oxygen atoms in total. The predicted molar refractivity (Wildman–Crippen MR) is 72.7 cm³/mol. The van der Waals surface area contributed by atoms with E-state index in [1.807, 2.05) is 0 Å². The highest BCUT2D eigenvalue weighted by Crippen LogP contribution is 2.49. The van der Waals surface area contributed by atoms with Gasteiger partial charge in [-0.1, -0.05) is 6.92 Å². The Morgan fingerprint density at radius 2 is 1.83 bits per heavy atom. The molecule has 0 saturated heterocycles. The lowest BCUT2D eigenvalue weighted by atomic mass is 9.88. The van der Waals surface area contributed by atoms with Crippen molar-refractivity contribution in [3.8, 4) is 11.5 Å². The van der Waals surface area contributed by atoms with Crippen LogP contribution < -0.4 is 9.47 Å². The summed E-state index contributed by atoms with van der Waals surface area (Å²) in [5.41, 5.74) is 3.61. The quantitative estimate of drug-likeness (QED) is 0.932. The van der Waals surface area contributed by atoms with Gasteiger partial charge < -0.3 is 14.6 Å². The molecule has 0 amide bonds. The van der Waals surface area contributed by atoms with Crippen molar-refractivity contribution in [3.05, 3.63) is 21.2 Å². The standard InChI is InChI=1S/C14H17BrO3/c1-2-8(7-16)11-9-3-5-18-14(9)12(15)10-4-6-17-13(10)11/h8,16H,2-7H2,1H3. The average molecular weight is 313 g/mol. The zero-order valence-corrected chi connectivity index (χ0v) is 12.0. The summed E-state index contributed by atoms with van der Waals surface area (Å²) in [5, 5.41) is 9.60. The van der Waals surface area contributed by atoms with Crippen molar-refractivity contribution in [1.82, 2.24) is 0 Å². The summed E-state index contributed by atoms with van der Waals surface area (Å²) >= 11 is 3.64. The smallest absolute Gasteiger partial charge is 0.137 e. The fourth-order valence-electron chi connectivity index (χ4n) is 2.94. The topological polar surface area (TPSA) is 38.7 Å². The highest BCUT2D eigenvalue weighted by atomic mass is 79.9. The monoisotopic (exact) mass is 312 g/mol. The molecule has 2 aliphatic rings. The number of hydrogen-bond acceptors (Lipinski definition) is 3. The maximum absolute atomic E-state index is 9.60. The molecule has 0 spiro atoms. The van der Waals surface area contributed by atoms with E-state index in [-0.39, 0.29) is 12.5 Å². The van der Waals surface area contributed by atoms with E-state index >= 15 is 0 Å². The average Bonchev–Trinajstić information content (AvgIpc) is 3.03. The van der Waals surface area contributed by atoms with Crippen molar-refractivity contribution in [2.45, 2.75) is 32.1 Å². The minimum absolute atomic E-state index is 0.153. The Morgan fingerprint density at radius 3 is 2.50 bits per heavy atom. The molecule has 0 aliphatic carbocycles. The molecule has 1 aromatic carbocycles. The lowest BCUT2D eigenvalue weighted by Gasteiger charge is -2.20. The van der Waals surface area contributed by atoms with Crippen LogP contribution in [0.2, 0.25) is 0 Å². The van der Waals surface area contributed by atoms with Crippen LogP contribution in [-0.2, 0) is 12.8 Å². The molecular formula is C14H17BrO3. The lowest BCUT2D eigenvalue weighted by molar-refractivity contribution is 0.257. The minimum atomic E-state index is 0.153. The molecule has 0 saturated carbocycles. The van der Waals surface area contributed by atoms with Gasteiger partial charge in [-0.2, -0.15) is 0 Å². The molecule has 1 atom stereocenters. The molecule has 2 heterocycles. The van der Waals surface area contributed by atoms with Crippen LogP contribution in [0.15, 0.2) is 4.47 Å². The second-order valence-electron chi connectivity index (χ2n) is 4.83. The molecule has 4 heteroatoms. The van der Waals surface area contributed by atoms with Gasteiger partial charge in [-0.15, -0.1) is 0 Å². The van der Waals surface area contributed by atoms with Gasteiger partial charge >= 0.3 is 0 Å². The molecule has 2 aliphatic heterocycles. The zero-order valence-electron chi connectivity index (χ0n) is 10.5. The van der Waals surface area contributed by atoms with Crippen molar-refractivity contribution in [3.63, 3.8) is 0 Å². The van der Waals surface area contributed by atoms with E-state index in [4.69, 9.17) is 9.47 Å². The first-order chi connectivity index (χ1) is 8.77. The number of hydrogen-bond donors (Lipinski definition) is 1. The molecule has 98 valence electrons. The normalized spacial score (nSPS) is 17.9. The third kappa shape index (κ3) is 1.66. The maximum atomic E-state index is 9.60. The second kappa shape index (κ2) is 4.74. The van der Waals surface area contributed by atoms with Crippen LogP contribution in [0.25, 0.3) is 0 Å². The number of benzene rings is 1. The van der Waals surface area contributed by atoms with Gasteiger partial charge in [0, 0.05) is 35.4 Å². The summed E-state index contributed by atoms with van der Waals surface area (Å²) < 4.78 is 12.6. The first-order valence-corrected chi connectivity index (χ1v) is 7.30. The molecule has 3 rings (SSSR count). The van der Waals surface area contributed by atoms with E-state index in [9.17, 15) is 5.11 Å². The predicted octanol–water partition coefficient (Wildman–Crippen LogP) is 2.80. The summed E-state index contributed by atoms with van der Waals surface area (Å²) in [5.74, 6) is 2.12. The van der Waals surface area contributed by atoms with E-state index < -0.39 is 0 Å². The number of aliphatic hydroxyl groups is 1. The number of halogens is 1. The Bertz CT molecular complexity index is 445. The Labute approximate surface area is 115 Å². The minimum Gasteiger partial charge on any atom is -0.493 e. The SMILES string of the molecule is CCC(CO)c1c2c(c(Br)c3c1OCC3)OCC2. The van der Waals surface area contributed by atoms with E-state index in [1.54, 1.807) is 0 Å². The molecule has 0 fully saturated rings. The van der Waals surface area contributed by atoms with Crippen LogP contribution in [0.3, 0.4) is 0 Å². The molecular weight excluding hydrogens is 296 g/mol. The molecule has 1 unspecified atom stereocenters. The fraction of sp³-hybridized carbons (Fsp3) is 0.571. The molecule has 18 heavy (non-hydrogen) atoms. The molecule has 1 aromatic rings. The summed E-state index contributed by atoms with van der Waals surface area (Å²) in [7, 11) is 0. The summed E-state index contributed by atoms with van der Waals surface area (Å²) in [6, 6.07) is 0. The first-order valence-electron chi connectivity index (χ1n) is 6.51. The molecule has 0 bridgehead atoms. The first kappa shape index (κ1) is 12.3. The Hall–Kier alpha value is -0.740. The van der Waals surface area contributed by atoms with Crippen LogP contribution in [0, 0.1) is 0 Å². The van der Waals surface area contributed by atoms with E-state index in [1.165, 1.54) is 16.7 Å². The second-order valence-corrected chi connectivity index (χ2v) is 5.62. The third-order valence-electron chi connectivity index (χ3n) is 3.90. The number of rotatable bonds is 3. The van der Waals surface area contributed by atoms with Crippen LogP contribution in [0.1, 0.15) is 36.0 Å². The summed E-state index contributed by atoms with van der Waals surface area (Å²) in [4.78, 5) is 0. The third-order valence-corrected chi connectivity index (χ3v) is 4.74. The Morgan fingerprint density at radius 1 is 1.17 bits per heavy atom. The van der Waals surface area contributed by atoms with Gasteiger partial charge in [-0.3, -0.25) is 0 Å². The lowest BCUT2D eigenvalue weighted by Crippen LogP contribution is -2.08. The van der Waals surface area contributed by atoms with Crippen molar-refractivity contribution < 1.29 is 14.6 Å². The van der Waals surface area contributed by atoms with Gasteiger partial charge in [0.15, 0.2) is 0 Å². The van der Waals surface area contributed by atoms with E-state index in [0.717, 1.165) is 48.4 Å². The highest BCUT2D eigenvalue weighted by molar-refractivity contribution is 9.10. The molecule has 0 aromatic heterocycles. The van der Waals surface area contributed by atoms with Crippen molar-refractivity contribution in [2.75, 3.05) is 19.8 Å². The van der Waals surface area contributed by atoms with Crippen LogP contribution in [0.5, 0.6) is 11.5 Å². The van der Waals surface area contributed by atoms with Crippen LogP contribution in [-0.4, -0.2) is 24.9 Å². The van der Waals surface area contributed by atoms with Gasteiger partial charge in [-0.25, -0.2) is 0 Å². The van der Waals surface area contributed by atoms with Gasteiger partial charge in [0.05, 0.1) is 24.3 Å². The van der Waals surface area contributed by atoms with Crippen molar-refractivity contribution >= 4 is 15.9 Å². The number of fused-ring (bicyclic) bond motifs is 2. The van der Waals surface area contributed by atoms with Crippen molar-refractivity contribution in [2.24, 2.45) is 0 Å². The largest absolute Gasteiger partial charge is 0.493 e. The van der Waals surface area contributed by atoms with E-state index in [2.05, 4.69) is 22.9 Å². The fourth-order valence-corrected chi connectivity index (χ4v) is 3.68. The van der Waals surface area contributed by atoms with Crippen molar-refractivity contribution in [1.29, 1.82) is 0 Å². The van der Waals surface area contributed by atoms with Crippen LogP contribution in [0.4, 0.5) is 0 Å². The number of ether oxygens (including phenoxy) is 2. The van der Waals surface area contributed by atoms with Gasteiger partial charge in [-0.05, 0) is 22.4 Å². The Kier molecular flexibility index (Phi) is 3.24. The zero-order chi connectivity index (χ0) is 12.7. The summed E-state index contributed by atoms with van der Waals surface area (Å²) in [6.45, 7) is 3.73. The van der Waals surface area contributed by atoms with Gasteiger partial charge in [0.2, 0.25) is 0 Å². The Balaban J connectivity index is 2.24. The van der Waals surface area contributed by atoms with Gasteiger partial charge in [0.25, 0.3) is 0 Å². The van der Waals surface area contributed by atoms with E-state index in [0.29, 0.717) is 0 Å². The maximum Gasteiger partial charge on any atom is 0.137 e. The van der Waals surface area contributed by atoms with Gasteiger partial charge in [0.1, 0.15) is 11.5 Å². The number of aliphatic hydroxyl groups excluding tert-OH is 1.